The first-order chi connectivity index (χ1) is 15.6. The van der Waals surface area contributed by atoms with Gasteiger partial charge in [-0.25, -0.2) is 18.9 Å². The van der Waals surface area contributed by atoms with Crippen molar-refractivity contribution in [2.75, 3.05) is 46.7 Å². The summed E-state index contributed by atoms with van der Waals surface area (Å²) >= 11 is 0. The van der Waals surface area contributed by atoms with Gasteiger partial charge >= 0.3 is 26.0 Å². The first-order valence-electron chi connectivity index (χ1n) is 10.4. The second kappa shape index (κ2) is 17.0. The Hall–Kier alpha value is -2.57. The molecule has 0 saturated heterocycles. The quantitative estimate of drug-likeness (QED) is 0.0926. The highest BCUT2D eigenvalue weighted by molar-refractivity contribution is 7.52. The van der Waals surface area contributed by atoms with E-state index in [9.17, 15) is 24.1 Å². The zero-order valence-corrected chi connectivity index (χ0v) is 20.3. The lowest BCUT2D eigenvalue weighted by Gasteiger charge is -2.29. The van der Waals surface area contributed by atoms with E-state index in [1.54, 1.807) is 13.8 Å². The lowest BCUT2D eigenvalue weighted by Crippen LogP contribution is -2.47. The average molecular weight is 499 g/mol. The Balaban J connectivity index is 5.07. The van der Waals surface area contributed by atoms with Crippen LogP contribution in [0.15, 0.2) is 0 Å². The number of ether oxygens (including phenoxy) is 4. The number of carbonyl (C=O) groups is 3. The fraction of sp³-hybridized carbons (Fsp3) is 0.778. The largest absolute Gasteiger partial charge is 0.508 e. The summed E-state index contributed by atoms with van der Waals surface area (Å²) in [6, 6.07) is -1.04. The lowest BCUT2D eigenvalue weighted by atomic mass is 10.1. The van der Waals surface area contributed by atoms with Crippen molar-refractivity contribution in [2.45, 2.75) is 46.1 Å². The number of hydrogen-bond donors (Lipinski definition) is 3. The van der Waals surface area contributed by atoms with E-state index in [1.165, 1.54) is 7.05 Å². The molecule has 0 aliphatic carbocycles. The third-order valence-corrected chi connectivity index (χ3v) is 5.36. The summed E-state index contributed by atoms with van der Waals surface area (Å²) in [5, 5.41) is 19.8. The van der Waals surface area contributed by atoms with Gasteiger partial charge in [0.05, 0.1) is 26.4 Å². The van der Waals surface area contributed by atoms with E-state index in [0.717, 1.165) is 11.3 Å². The summed E-state index contributed by atoms with van der Waals surface area (Å²) in [4.78, 5) is 35.1. The molecule has 0 bridgehead atoms. The van der Waals surface area contributed by atoms with Crippen LogP contribution in [0.25, 0.3) is 0 Å². The molecule has 192 valence electrons. The number of guanidine groups is 1. The van der Waals surface area contributed by atoms with Gasteiger partial charge in [0.2, 0.25) is 5.96 Å². The van der Waals surface area contributed by atoms with E-state index in [-0.39, 0.29) is 32.8 Å². The molecule has 0 rings (SSSR count). The van der Waals surface area contributed by atoms with Gasteiger partial charge in [-0.3, -0.25) is 19.5 Å². The van der Waals surface area contributed by atoms with E-state index in [2.05, 4.69) is 14.6 Å². The maximum Gasteiger partial charge on any atom is 0.508 e. The molecule has 0 aromatic rings. The van der Waals surface area contributed by atoms with Crippen LogP contribution in [0.5, 0.6) is 0 Å². The van der Waals surface area contributed by atoms with E-state index >= 15 is 0 Å². The molecule has 0 fully saturated rings. The van der Waals surface area contributed by atoms with E-state index in [1.807, 2.05) is 6.92 Å². The normalized spacial score (nSPS) is 11.8. The maximum absolute atomic E-state index is 13.1. The first kappa shape index (κ1) is 30.4. The van der Waals surface area contributed by atoms with Crippen LogP contribution in [0, 0.1) is 5.41 Å². The number of nitrogens with zero attached hydrogens (tertiary/aromatic N) is 1. The van der Waals surface area contributed by atoms with Gasteiger partial charge in [0.1, 0.15) is 19.3 Å². The summed E-state index contributed by atoms with van der Waals surface area (Å²) in [7, 11) is -2.90. The Labute approximate surface area is 192 Å². The molecule has 14 nitrogen and oxygen atoms in total. The fourth-order valence-corrected chi connectivity index (χ4v) is 3.48. The average Bonchev–Trinajstić information content (AvgIpc) is 2.74. The maximum atomic E-state index is 13.1. The SMILES string of the molecule is CCCCC(C(=O)O)N(C)C(=N)NP(=O)(OCCOC(=O)OCC)OCCOC(=O)OCC. The zero-order valence-electron chi connectivity index (χ0n) is 19.4. The molecule has 0 aliphatic heterocycles. The number of nitrogens with one attached hydrogen (secondary N) is 2. The van der Waals surface area contributed by atoms with Crippen molar-refractivity contribution in [3.8, 4) is 0 Å². The first-order valence-corrected chi connectivity index (χ1v) is 11.9. The van der Waals surface area contributed by atoms with Crippen molar-refractivity contribution in [3.63, 3.8) is 0 Å². The van der Waals surface area contributed by atoms with Crippen molar-refractivity contribution in [3.05, 3.63) is 0 Å². The molecule has 0 aromatic heterocycles. The highest BCUT2D eigenvalue weighted by atomic mass is 31.2. The molecular formula is C18H34N3O11P. The third-order valence-electron chi connectivity index (χ3n) is 3.83. The highest BCUT2D eigenvalue weighted by Crippen LogP contribution is 2.43. The fourth-order valence-electron chi connectivity index (χ4n) is 2.23. The van der Waals surface area contributed by atoms with E-state index in [0.29, 0.717) is 6.42 Å². The summed E-state index contributed by atoms with van der Waals surface area (Å²) in [5.41, 5.74) is 0. The van der Waals surface area contributed by atoms with Gasteiger partial charge in [-0.2, -0.15) is 0 Å². The molecule has 3 N–H and O–H groups in total. The van der Waals surface area contributed by atoms with Crippen LogP contribution in [0.4, 0.5) is 9.59 Å². The van der Waals surface area contributed by atoms with Crippen molar-refractivity contribution in [1.29, 1.82) is 5.41 Å². The van der Waals surface area contributed by atoms with Crippen LogP contribution >= 0.6 is 7.75 Å². The predicted octanol–water partition coefficient (Wildman–Crippen LogP) is 2.57. The van der Waals surface area contributed by atoms with E-state index in [4.69, 9.17) is 23.9 Å². The van der Waals surface area contributed by atoms with Gasteiger partial charge in [-0.05, 0) is 20.3 Å². The monoisotopic (exact) mass is 499 g/mol. The number of unbranched alkanes of at least 4 members (excludes halogenated alkanes) is 1. The second-order valence-corrected chi connectivity index (χ2v) is 8.03. The number of likely N-dealkylation sites (N-methyl/N-ethyl adjacent to an activating group) is 1. The molecule has 0 saturated carbocycles. The number of carboxylic acid groups (broad SMARTS) is 1. The molecule has 0 aromatic carbocycles. The Bertz CT molecular complexity index is 647. The molecule has 1 atom stereocenters. The predicted molar refractivity (Wildman–Crippen MR) is 115 cm³/mol. The van der Waals surface area contributed by atoms with Crippen LogP contribution in [0.2, 0.25) is 0 Å². The van der Waals surface area contributed by atoms with Crippen molar-refractivity contribution >= 4 is 32.0 Å². The number of aliphatic carboxylic acids is 1. The summed E-state index contributed by atoms with van der Waals surface area (Å²) in [5.74, 6) is -1.68. The summed E-state index contributed by atoms with van der Waals surface area (Å²) < 4.78 is 42.0. The minimum absolute atomic E-state index is 0.107. The van der Waals surface area contributed by atoms with Crippen LogP contribution in [0.3, 0.4) is 0 Å². The molecule has 0 heterocycles. The molecule has 0 aliphatic rings. The minimum Gasteiger partial charge on any atom is -0.480 e. The molecular weight excluding hydrogens is 465 g/mol. The Morgan fingerprint density at radius 3 is 1.82 bits per heavy atom. The molecule has 1 unspecified atom stereocenters. The smallest absolute Gasteiger partial charge is 0.480 e. The van der Waals surface area contributed by atoms with Gasteiger partial charge < -0.3 is 29.0 Å². The second-order valence-electron chi connectivity index (χ2n) is 6.29. The highest BCUT2D eigenvalue weighted by Gasteiger charge is 2.31. The summed E-state index contributed by atoms with van der Waals surface area (Å²) in [6.45, 7) is 3.85. The standard InChI is InChI=1S/C18H34N3O11P/c1-5-8-9-14(15(22)23)21(4)16(19)20-33(26,31-12-10-29-17(24)27-6-2)32-13-11-30-18(25)28-7-3/h14H,5-13H2,1-4H3,(H,22,23)(H2,19,20,26). The number of hydrogen-bond acceptors (Lipinski definition) is 11. The molecule has 0 spiro atoms. The molecule has 33 heavy (non-hydrogen) atoms. The van der Waals surface area contributed by atoms with Crippen molar-refractivity contribution < 1.29 is 52.1 Å². The van der Waals surface area contributed by atoms with Gasteiger partial charge in [-0.15, -0.1) is 0 Å². The minimum atomic E-state index is -4.25. The number of rotatable bonds is 16. The number of carboxylic acids is 1. The van der Waals surface area contributed by atoms with Crippen LogP contribution in [-0.2, 0) is 37.4 Å². The number of carbonyl (C=O) groups excluding carboxylic acids is 2. The molecule has 0 radical (unpaired) electrons. The van der Waals surface area contributed by atoms with Gasteiger partial charge in [0, 0.05) is 7.05 Å². The lowest BCUT2D eigenvalue weighted by molar-refractivity contribution is -0.141. The van der Waals surface area contributed by atoms with Crippen molar-refractivity contribution in [1.82, 2.24) is 9.99 Å². The van der Waals surface area contributed by atoms with Gasteiger partial charge in [-0.1, -0.05) is 19.8 Å². The molecule has 0 amide bonds. The summed E-state index contributed by atoms with van der Waals surface area (Å²) in [6.07, 6.45) is -0.264. The van der Waals surface area contributed by atoms with E-state index < -0.39 is 51.2 Å². The molecule has 15 heteroatoms. The Morgan fingerprint density at radius 2 is 1.42 bits per heavy atom. The van der Waals surface area contributed by atoms with Crippen LogP contribution < -0.4 is 5.09 Å². The third kappa shape index (κ3) is 13.5. The van der Waals surface area contributed by atoms with Gasteiger partial charge in [0.15, 0.2) is 0 Å². The van der Waals surface area contributed by atoms with Crippen LogP contribution in [0.1, 0.15) is 40.0 Å². The van der Waals surface area contributed by atoms with Gasteiger partial charge in [0.25, 0.3) is 0 Å². The Kier molecular flexibility index (Phi) is 15.7. The zero-order chi connectivity index (χ0) is 25.3. The topological polar surface area (TPSA) is 183 Å². The van der Waals surface area contributed by atoms with Crippen molar-refractivity contribution in [2.24, 2.45) is 0 Å². The van der Waals surface area contributed by atoms with Crippen LogP contribution in [-0.4, -0.2) is 87.0 Å². The Morgan fingerprint density at radius 1 is 0.939 bits per heavy atom.